The van der Waals surface area contributed by atoms with Crippen LogP contribution in [0.15, 0.2) is 35.6 Å². The Hall–Kier alpha value is -2.72. The van der Waals surface area contributed by atoms with Gasteiger partial charge in [-0.1, -0.05) is 17.7 Å². The van der Waals surface area contributed by atoms with Gasteiger partial charge in [0, 0.05) is 11.9 Å². The second-order valence-corrected chi connectivity index (χ2v) is 7.18. The van der Waals surface area contributed by atoms with E-state index in [2.05, 4.69) is 19.8 Å². The fraction of sp³-hybridized carbons (Fsp3) is 0.200. The number of para-hydroxylation sites is 1. The number of aromatic nitrogens is 4. The van der Waals surface area contributed by atoms with Crippen LogP contribution < -0.4 is 4.72 Å². The van der Waals surface area contributed by atoms with E-state index in [1.54, 1.807) is 26.1 Å². The van der Waals surface area contributed by atoms with Crippen LogP contribution in [-0.2, 0) is 14.8 Å². The SMILES string of the molecule is CCOC(=O)c1cccc(Cl)c1NS(=O)(=O)c1nc2nc(C)ccn2n1. The Bertz CT molecular complexity index is 1100. The van der Waals surface area contributed by atoms with Crippen LogP contribution in [0.2, 0.25) is 5.02 Å². The zero-order chi connectivity index (χ0) is 18.9. The van der Waals surface area contributed by atoms with E-state index in [0.29, 0.717) is 5.69 Å². The number of ether oxygens (including phenoxy) is 1. The third kappa shape index (κ3) is 3.46. The van der Waals surface area contributed by atoms with E-state index in [9.17, 15) is 13.2 Å². The summed E-state index contributed by atoms with van der Waals surface area (Å²) in [6, 6.07) is 6.04. The van der Waals surface area contributed by atoms with E-state index in [4.69, 9.17) is 16.3 Å². The molecule has 0 bridgehead atoms. The number of hydrogen-bond acceptors (Lipinski definition) is 7. The first kappa shape index (κ1) is 18.1. The first-order chi connectivity index (χ1) is 12.3. The number of hydrogen-bond donors (Lipinski definition) is 1. The van der Waals surface area contributed by atoms with Crippen molar-refractivity contribution in [2.75, 3.05) is 11.3 Å². The Morgan fingerprint density at radius 3 is 2.81 bits per heavy atom. The van der Waals surface area contributed by atoms with Crippen molar-refractivity contribution in [1.82, 2.24) is 19.6 Å². The fourth-order valence-electron chi connectivity index (χ4n) is 2.15. The number of benzene rings is 1. The summed E-state index contributed by atoms with van der Waals surface area (Å²) in [6.45, 7) is 3.52. The number of esters is 1. The monoisotopic (exact) mass is 395 g/mol. The van der Waals surface area contributed by atoms with Crippen molar-refractivity contribution in [2.24, 2.45) is 0 Å². The van der Waals surface area contributed by atoms with Gasteiger partial charge in [0.05, 0.1) is 22.9 Å². The minimum absolute atomic E-state index is 0.0133. The summed E-state index contributed by atoms with van der Waals surface area (Å²) in [5.74, 6) is -0.567. The van der Waals surface area contributed by atoms with Crippen molar-refractivity contribution in [2.45, 2.75) is 19.0 Å². The fourth-order valence-corrected chi connectivity index (χ4v) is 3.40. The standard InChI is InChI=1S/C15H14ClN5O4S/c1-3-25-13(22)10-5-4-6-11(16)12(10)20-26(23,24)15-18-14-17-9(2)7-8-21(14)19-15/h4-8,20H,3H2,1-2H3. The van der Waals surface area contributed by atoms with Crippen LogP contribution in [0.1, 0.15) is 23.0 Å². The highest BCUT2D eigenvalue weighted by atomic mass is 35.5. The van der Waals surface area contributed by atoms with Crippen LogP contribution in [-0.4, -0.2) is 40.6 Å². The molecule has 2 aromatic heterocycles. The molecule has 0 radical (unpaired) electrons. The van der Waals surface area contributed by atoms with Gasteiger partial charge in [-0.25, -0.2) is 14.3 Å². The molecule has 1 aromatic carbocycles. The molecule has 0 saturated carbocycles. The van der Waals surface area contributed by atoms with E-state index in [1.165, 1.54) is 22.7 Å². The van der Waals surface area contributed by atoms with Crippen molar-refractivity contribution in [3.05, 3.63) is 46.7 Å². The number of anilines is 1. The molecule has 0 aliphatic rings. The van der Waals surface area contributed by atoms with Gasteiger partial charge < -0.3 is 4.74 Å². The molecule has 3 rings (SSSR count). The predicted molar refractivity (Wildman–Crippen MR) is 93.7 cm³/mol. The van der Waals surface area contributed by atoms with Crippen LogP contribution >= 0.6 is 11.6 Å². The Labute approximate surface area is 154 Å². The largest absolute Gasteiger partial charge is 0.462 e. The normalized spacial score (nSPS) is 11.5. The van der Waals surface area contributed by atoms with Crippen LogP contribution in [0.3, 0.4) is 0 Å². The van der Waals surface area contributed by atoms with Crippen LogP contribution in [0.4, 0.5) is 5.69 Å². The molecule has 0 fully saturated rings. The van der Waals surface area contributed by atoms with Gasteiger partial charge in [-0.3, -0.25) is 4.72 Å². The molecule has 0 aliphatic carbocycles. The summed E-state index contributed by atoms with van der Waals surface area (Å²) in [6.07, 6.45) is 1.54. The van der Waals surface area contributed by atoms with Crippen molar-refractivity contribution in [1.29, 1.82) is 0 Å². The number of halogens is 1. The highest BCUT2D eigenvalue weighted by Crippen LogP contribution is 2.28. The highest BCUT2D eigenvalue weighted by Gasteiger charge is 2.25. The zero-order valence-corrected chi connectivity index (χ0v) is 15.4. The van der Waals surface area contributed by atoms with Crippen molar-refractivity contribution in [3.8, 4) is 0 Å². The van der Waals surface area contributed by atoms with Crippen molar-refractivity contribution in [3.63, 3.8) is 0 Å². The summed E-state index contributed by atoms with van der Waals surface area (Å²) in [4.78, 5) is 20.1. The van der Waals surface area contributed by atoms with Crippen LogP contribution in [0.25, 0.3) is 5.78 Å². The van der Waals surface area contributed by atoms with Gasteiger partial charge in [0.15, 0.2) is 0 Å². The average Bonchev–Trinajstić information content (AvgIpc) is 3.01. The summed E-state index contributed by atoms with van der Waals surface area (Å²) >= 11 is 6.07. The molecule has 1 N–H and O–H groups in total. The maximum atomic E-state index is 12.7. The maximum absolute atomic E-state index is 12.7. The van der Waals surface area contributed by atoms with E-state index in [-0.39, 0.29) is 28.7 Å². The lowest BCUT2D eigenvalue weighted by Gasteiger charge is -2.11. The summed E-state index contributed by atoms with van der Waals surface area (Å²) in [5, 5.41) is 3.44. The second-order valence-electron chi connectivity index (χ2n) is 5.20. The minimum atomic E-state index is -4.21. The van der Waals surface area contributed by atoms with Gasteiger partial charge in [-0.05, 0) is 32.0 Å². The van der Waals surface area contributed by atoms with Crippen LogP contribution in [0.5, 0.6) is 0 Å². The minimum Gasteiger partial charge on any atom is -0.462 e. The number of carbonyl (C=O) groups is 1. The Morgan fingerprint density at radius 1 is 1.31 bits per heavy atom. The number of fused-ring (bicyclic) bond motifs is 1. The summed E-state index contributed by atoms with van der Waals surface area (Å²) in [7, 11) is -4.21. The number of carbonyl (C=O) groups excluding carboxylic acids is 1. The molecular weight excluding hydrogens is 382 g/mol. The molecule has 2 heterocycles. The first-order valence-corrected chi connectivity index (χ1v) is 9.36. The second kappa shape index (κ2) is 6.89. The molecule has 3 aromatic rings. The number of nitrogens with zero attached hydrogens (tertiary/aromatic N) is 4. The Balaban J connectivity index is 2.02. The first-order valence-electron chi connectivity index (χ1n) is 7.50. The molecule has 0 spiro atoms. The predicted octanol–water partition coefficient (Wildman–Crippen LogP) is 2.06. The topological polar surface area (TPSA) is 116 Å². The van der Waals surface area contributed by atoms with E-state index >= 15 is 0 Å². The molecule has 0 saturated heterocycles. The van der Waals surface area contributed by atoms with E-state index in [0.717, 1.165) is 0 Å². The summed E-state index contributed by atoms with van der Waals surface area (Å²) < 4.78 is 33.7. The van der Waals surface area contributed by atoms with Gasteiger partial charge in [-0.15, -0.1) is 5.10 Å². The molecule has 0 unspecified atom stereocenters. The number of rotatable bonds is 5. The van der Waals surface area contributed by atoms with Crippen LogP contribution in [0, 0.1) is 6.92 Å². The zero-order valence-electron chi connectivity index (χ0n) is 13.8. The smallest absolute Gasteiger partial charge is 0.340 e. The van der Waals surface area contributed by atoms with Gasteiger partial charge in [0.2, 0.25) is 0 Å². The Kier molecular flexibility index (Phi) is 4.79. The molecule has 9 nitrogen and oxygen atoms in total. The lowest BCUT2D eigenvalue weighted by molar-refractivity contribution is 0.0527. The summed E-state index contributed by atoms with van der Waals surface area (Å²) in [5.41, 5.74) is 0.550. The number of sulfonamides is 1. The molecule has 0 amide bonds. The van der Waals surface area contributed by atoms with E-state index in [1.807, 2.05) is 0 Å². The Morgan fingerprint density at radius 2 is 2.08 bits per heavy atom. The van der Waals surface area contributed by atoms with Gasteiger partial charge >= 0.3 is 5.97 Å². The molecule has 11 heteroatoms. The third-order valence-corrected chi connectivity index (χ3v) is 4.75. The van der Waals surface area contributed by atoms with Gasteiger partial charge in [-0.2, -0.15) is 13.4 Å². The van der Waals surface area contributed by atoms with Gasteiger partial charge in [0.1, 0.15) is 0 Å². The highest BCUT2D eigenvalue weighted by molar-refractivity contribution is 7.92. The lowest BCUT2D eigenvalue weighted by atomic mass is 10.2. The quantitative estimate of drug-likeness (QED) is 0.657. The molecule has 0 atom stereocenters. The third-order valence-electron chi connectivity index (χ3n) is 3.31. The molecule has 26 heavy (non-hydrogen) atoms. The van der Waals surface area contributed by atoms with Crippen molar-refractivity contribution >= 4 is 39.1 Å². The average molecular weight is 396 g/mol. The van der Waals surface area contributed by atoms with E-state index < -0.39 is 21.1 Å². The molecule has 136 valence electrons. The molecular formula is C15H14ClN5O4S. The number of aryl methyl sites for hydroxylation is 1. The number of nitrogens with one attached hydrogen (secondary N) is 1. The maximum Gasteiger partial charge on any atom is 0.340 e. The lowest BCUT2D eigenvalue weighted by Crippen LogP contribution is -2.18. The van der Waals surface area contributed by atoms with Crippen molar-refractivity contribution < 1.29 is 17.9 Å². The molecule has 0 aliphatic heterocycles. The van der Waals surface area contributed by atoms with Gasteiger partial charge in [0.25, 0.3) is 21.0 Å².